The molecule has 32 heavy (non-hydrogen) atoms. The van der Waals surface area contributed by atoms with Crippen molar-refractivity contribution in [3.05, 3.63) is 66.9 Å². The number of benzene rings is 1. The Morgan fingerprint density at radius 1 is 1.12 bits per heavy atom. The fourth-order valence-electron chi connectivity index (χ4n) is 4.70. The van der Waals surface area contributed by atoms with E-state index in [9.17, 15) is 4.39 Å². The van der Waals surface area contributed by atoms with Crippen LogP contribution in [0.4, 0.5) is 4.39 Å². The van der Waals surface area contributed by atoms with Crippen LogP contribution in [0.5, 0.6) is 5.88 Å². The van der Waals surface area contributed by atoms with Gasteiger partial charge in [0.1, 0.15) is 23.9 Å². The van der Waals surface area contributed by atoms with Crippen LogP contribution in [0.2, 0.25) is 0 Å². The first kappa shape index (κ1) is 19.3. The molecule has 2 fully saturated rings. The average Bonchev–Trinajstić information content (AvgIpc) is 3.47. The number of hydrogen-bond donors (Lipinski definition) is 0. The third-order valence-electron chi connectivity index (χ3n) is 6.32. The van der Waals surface area contributed by atoms with E-state index < -0.39 is 5.79 Å². The van der Waals surface area contributed by atoms with Gasteiger partial charge in [0.05, 0.1) is 35.9 Å². The smallest absolute Gasteiger partial charge is 0.215 e. The lowest BCUT2D eigenvalue weighted by molar-refractivity contribution is -0.181. The maximum absolute atomic E-state index is 13.6. The van der Waals surface area contributed by atoms with E-state index >= 15 is 0 Å². The molecule has 2 aliphatic heterocycles. The predicted octanol–water partition coefficient (Wildman–Crippen LogP) is 4.13. The Morgan fingerprint density at radius 2 is 2.00 bits per heavy atom. The van der Waals surface area contributed by atoms with Gasteiger partial charge >= 0.3 is 0 Å². The monoisotopic (exact) mass is 432 g/mol. The van der Waals surface area contributed by atoms with Gasteiger partial charge in [-0.15, -0.1) is 0 Å². The number of hydrogen-bond acceptors (Lipinski definition) is 6. The van der Waals surface area contributed by atoms with Gasteiger partial charge in [-0.05, 0) is 49.7 Å². The van der Waals surface area contributed by atoms with Gasteiger partial charge in [-0.2, -0.15) is 9.61 Å². The van der Waals surface area contributed by atoms with E-state index in [1.807, 2.05) is 31.2 Å². The number of ether oxygens (including phenoxy) is 3. The Hall–Kier alpha value is -3.36. The second-order valence-corrected chi connectivity index (χ2v) is 8.21. The Labute approximate surface area is 183 Å². The van der Waals surface area contributed by atoms with Crippen LogP contribution in [0.15, 0.2) is 61.1 Å². The molecule has 5 heterocycles. The van der Waals surface area contributed by atoms with Crippen LogP contribution < -0.4 is 4.74 Å². The van der Waals surface area contributed by atoms with Gasteiger partial charge in [0.2, 0.25) is 5.88 Å². The van der Waals surface area contributed by atoms with E-state index in [-0.39, 0.29) is 17.8 Å². The molecule has 162 valence electrons. The van der Waals surface area contributed by atoms with Gasteiger partial charge in [0, 0.05) is 17.8 Å². The molecule has 3 aromatic heterocycles. The molecule has 0 spiro atoms. The lowest BCUT2D eigenvalue weighted by Gasteiger charge is -2.23. The summed E-state index contributed by atoms with van der Waals surface area (Å²) in [6.45, 7) is 3.10. The molecule has 0 N–H and O–H groups in total. The molecule has 0 unspecified atom stereocenters. The molecular formula is C24H21FN4O3. The van der Waals surface area contributed by atoms with Gasteiger partial charge in [-0.25, -0.2) is 14.4 Å². The van der Waals surface area contributed by atoms with E-state index in [0.717, 1.165) is 28.8 Å². The number of halogens is 1. The van der Waals surface area contributed by atoms with E-state index in [1.165, 1.54) is 18.5 Å². The minimum Gasteiger partial charge on any atom is -0.471 e. The summed E-state index contributed by atoms with van der Waals surface area (Å²) in [5, 5.41) is 4.87. The standard InChI is InChI=1S/C24H21FN4O3/c1-24-17(10-12-30-24)20(13-31-24)32-21-4-2-3-19-22(18-9-11-26-14-27-18)23(28-29(19)21)15-5-7-16(25)8-6-15/h2-9,11,14,17,20H,10,12-13H2,1H3/t17-,20-,24+/m1/s1. The molecule has 0 bridgehead atoms. The molecule has 3 atom stereocenters. The Kier molecular flexibility index (Phi) is 4.44. The van der Waals surface area contributed by atoms with Gasteiger partial charge in [0.25, 0.3) is 0 Å². The highest BCUT2D eigenvalue weighted by atomic mass is 19.1. The topological polar surface area (TPSA) is 70.8 Å². The van der Waals surface area contributed by atoms with Crippen molar-refractivity contribution in [1.82, 2.24) is 19.6 Å². The third kappa shape index (κ3) is 3.06. The van der Waals surface area contributed by atoms with Crippen LogP contribution in [-0.4, -0.2) is 44.7 Å². The van der Waals surface area contributed by atoms with Crippen molar-refractivity contribution in [3.8, 4) is 28.4 Å². The highest BCUT2D eigenvalue weighted by Crippen LogP contribution is 2.43. The first-order valence-corrected chi connectivity index (χ1v) is 10.6. The quantitative estimate of drug-likeness (QED) is 0.483. The summed E-state index contributed by atoms with van der Waals surface area (Å²) in [5.74, 6) is -0.121. The van der Waals surface area contributed by atoms with Crippen LogP contribution in [0, 0.1) is 11.7 Å². The van der Waals surface area contributed by atoms with Crippen LogP contribution in [-0.2, 0) is 9.47 Å². The second-order valence-electron chi connectivity index (χ2n) is 8.21. The van der Waals surface area contributed by atoms with Crippen LogP contribution >= 0.6 is 0 Å². The largest absolute Gasteiger partial charge is 0.471 e. The Balaban J connectivity index is 1.48. The summed E-state index contributed by atoms with van der Waals surface area (Å²) in [5.41, 5.74) is 3.88. The zero-order valence-corrected chi connectivity index (χ0v) is 17.4. The SMILES string of the molecule is C[C@@]12OCC[C@@H]1[C@H](Oc1cccc3c(-c4ccncn4)c(-c4ccc(F)cc4)nn13)CO2. The van der Waals surface area contributed by atoms with Crippen molar-refractivity contribution in [2.75, 3.05) is 13.2 Å². The summed E-state index contributed by atoms with van der Waals surface area (Å²) in [6.07, 6.45) is 3.96. The summed E-state index contributed by atoms with van der Waals surface area (Å²) in [6, 6.07) is 13.9. The highest BCUT2D eigenvalue weighted by Gasteiger charge is 2.52. The molecule has 8 heteroatoms. The molecule has 0 radical (unpaired) electrons. The number of pyridine rings is 1. The highest BCUT2D eigenvalue weighted by molar-refractivity contribution is 5.91. The van der Waals surface area contributed by atoms with Gasteiger partial charge in [-0.3, -0.25) is 0 Å². The summed E-state index contributed by atoms with van der Waals surface area (Å²) < 4.78 is 33.5. The predicted molar refractivity (Wildman–Crippen MR) is 114 cm³/mol. The van der Waals surface area contributed by atoms with Gasteiger partial charge < -0.3 is 14.2 Å². The third-order valence-corrected chi connectivity index (χ3v) is 6.32. The van der Waals surface area contributed by atoms with Gasteiger partial charge in [0.15, 0.2) is 5.79 Å². The molecule has 0 saturated carbocycles. The first-order chi connectivity index (χ1) is 15.6. The number of nitrogens with zero attached hydrogens (tertiary/aromatic N) is 4. The van der Waals surface area contributed by atoms with Crippen molar-refractivity contribution in [2.45, 2.75) is 25.2 Å². The molecule has 2 saturated heterocycles. The molecular weight excluding hydrogens is 411 g/mol. The Morgan fingerprint density at radius 3 is 2.81 bits per heavy atom. The lowest BCUT2D eigenvalue weighted by Crippen LogP contribution is -2.33. The van der Waals surface area contributed by atoms with E-state index in [1.54, 1.807) is 22.8 Å². The Bertz CT molecular complexity index is 1280. The lowest BCUT2D eigenvalue weighted by atomic mass is 9.96. The molecule has 6 rings (SSSR count). The number of aromatic nitrogens is 4. The number of rotatable bonds is 4. The van der Waals surface area contributed by atoms with Crippen molar-refractivity contribution in [1.29, 1.82) is 0 Å². The van der Waals surface area contributed by atoms with E-state index in [2.05, 4.69) is 9.97 Å². The molecule has 0 aliphatic carbocycles. The normalized spacial score (nSPS) is 24.7. The van der Waals surface area contributed by atoms with Crippen LogP contribution in [0.25, 0.3) is 28.0 Å². The maximum atomic E-state index is 13.6. The van der Waals surface area contributed by atoms with Crippen LogP contribution in [0.1, 0.15) is 13.3 Å². The zero-order chi connectivity index (χ0) is 21.7. The molecule has 1 aromatic carbocycles. The van der Waals surface area contributed by atoms with Crippen molar-refractivity contribution in [3.63, 3.8) is 0 Å². The molecule has 4 aromatic rings. The molecule has 7 nitrogen and oxygen atoms in total. The van der Waals surface area contributed by atoms with Crippen molar-refractivity contribution in [2.24, 2.45) is 5.92 Å². The van der Waals surface area contributed by atoms with Crippen molar-refractivity contribution >= 4 is 5.52 Å². The summed E-state index contributed by atoms with van der Waals surface area (Å²) >= 11 is 0. The van der Waals surface area contributed by atoms with E-state index in [4.69, 9.17) is 19.3 Å². The maximum Gasteiger partial charge on any atom is 0.215 e. The summed E-state index contributed by atoms with van der Waals surface area (Å²) in [7, 11) is 0. The first-order valence-electron chi connectivity index (χ1n) is 10.6. The minimum atomic E-state index is -0.589. The fraction of sp³-hybridized carbons (Fsp3) is 0.292. The minimum absolute atomic E-state index is 0.130. The van der Waals surface area contributed by atoms with Crippen molar-refractivity contribution < 1.29 is 18.6 Å². The fourth-order valence-corrected chi connectivity index (χ4v) is 4.70. The number of fused-ring (bicyclic) bond motifs is 2. The van der Waals surface area contributed by atoms with E-state index in [0.29, 0.717) is 24.8 Å². The zero-order valence-electron chi connectivity index (χ0n) is 17.4. The summed E-state index contributed by atoms with van der Waals surface area (Å²) in [4.78, 5) is 8.48. The van der Waals surface area contributed by atoms with Crippen LogP contribution in [0.3, 0.4) is 0 Å². The van der Waals surface area contributed by atoms with Gasteiger partial charge in [-0.1, -0.05) is 6.07 Å². The molecule has 2 aliphatic rings. The second kappa shape index (κ2) is 7.36. The molecule has 0 amide bonds. The average molecular weight is 432 g/mol.